The average Bonchev–Trinajstić information content (AvgIpc) is 2.45. The van der Waals surface area contributed by atoms with Crippen LogP contribution in [0.1, 0.15) is 11.1 Å². The highest BCUT2D eigenvalue weighted by Gasteiger charge is 2.17. The minimum absolute atomic E-state index is 0.261. The molecule has 0 fully saturated rings. The van der Waals surface area contributed by atoms with Crippen molar-refractivity contribution in [3.63, 3.8) is 0 Å². The fourth-order valence-electron chi connectivity index (χ4n) is 1.95. The minimum atomic E-state index is -1.03. The number of carbonyl (C=O) groups is 2. The molecular weight excluding hydrogens is 290 g/mol. The molecule has 0 aromatic heterocycles. The summed E-state index contributed by atoms with van der Waals surface area (Å²) in [5.41, 5.74) is 1.87. The molecule has 0 radical (unpaired) electrons. The predicted octanol–water partition coefficient (Wildman–Crippen LogP) is 3.16. The standard InChI is InChI=1S/C16H14F2N2O2/c1-9-4-3-5-10(2)14(9)20-16(22)15(21)19-13-7-6-11(17)8-12(13)18/h3-8H,1-2H3,(H,19,21)(H,20,22). The molecule has 2 aromatic rings. The van der Waals surface area contributed by atoms with Crippen LogP contribution in [-0.2, 0) is 9.59 Å². The Balaban J connectivity index is 2.11. The molecule has 0 saturated heterocycles. The van der Waals surface area contributed by atoms with Crippen LogP contribution < -0.4 is 10.6 Å². The molecule has 4 nitrogen and oxygen atoms in total. The Hall–Kier alpha value is -2.76. The number of para-hydroxylation sites is 1. The fourth-order valence-corrected chi connectivity index (χ4v) is 1.95. The van der Waals surface area contributed by atoms with Gasteiger partial charge in [0.15, 0.2) is 0 Å². The second-order valence-electron chi connectivity index (χ2n) is 4.80. The SMILES string of the molecule is Cc1cccc(C)c1NC(=O)C(=O)Nc1ccc(F)cc1F. The van der Waals surface area contributed by atoms with E-state index in [-0.39, 0.29) is 5.69 Å². The van der Waals surface area contributed by atoms with Crippen LogP contribution in [0.2, 0.25) is 0 Å². The molecule has 0 saturated carbocycles. The van der Waals surface area contributed by atoms with Crippen molar-refractivity contribution >= 4 is 23.2 Å². The van der Waals surface area contributed by atoms with Crippen molar-refractivity contribution in [2.24, 2.45) is 0 Å². The molecule has 22 heavy (non-hydrogen) atoms. The summed E-state index contributed by atoms with van der Waals surface area (Å²) in [4.78, 5) is 23.7. The Bertz CT molecular complexity index is 725. The first-order valence-corrected chi connectivity index (χ1v) is 6.52. The van der Waals surface area contributed by atoms with E-state index >= 15 is 0 Å². The number of anilines is 2. The summed E-state index contributed by atoms with van der Waals surface area (Å²) in [5, 5.41) is 4.59. The predicted molar refractivity (Wildman–Crippen MR) is 79.5 cm³/mol. The smallest absolute Gasteiger partial charge is 0.314 e. The number of hydrogen-bond donors (Lipinski definition) is 2. The summed E-state index contributed by atoms with van der Waals surface area (Å²) < 4.78 is 26.2. The summed E-state index contributed by atoms with van der Waals surface area (Å²) >= 11 is 0. The van der Waals surface area contributed by atoms with Crippen molar-refractivity contribution in [2.75, 3.05) is 10.6 Å². The van der Waals surface area contributed by atoms with Gasteiger partial charge in [0.2, 0.25) is 0 Å². The molecule has 2 rings (SSSR count). The minimum Gasteiger partial charge on any atom is -0.317 e. The van der Waals surface area contributed by atoms with Crippen molar-refractivity contribution < 1.29 is 18.4 Å². The van der Waals surface area contributed by atoms with E-state index in [2.05, 4.69) is 10.6 Å². The zero-order valence-corrected chi connectivity index (χ0v) is 12.0. The van der Waals surface area contributed by atoms with Gasteiger partial charge in [-0.05, 0) is 37.1 Å². The van der Waals surface area contributed by atoms with Crippen molar-refractivity contribution in [1.82, 2.24) is 0 Å². The van der Waals surface area contributed by atoms with E-state index < -0.39 is 23.4 Å². The molecule has 2 amide bonds. The lowest BCUT2D eigenvalue weighted by Gasteiger charge is -2.11. The normalized spacial score (nSPS) is 10.2. The fraction of sp³-hybridized carbons (Fsp3) is 0.125. The van der Waals surface area contributed by atoms with Gasteiger partial charge < -0.3 is 10.6 Å². The van der Waals surface area contributed by atoms with E-state index in [9.17, 15) is 18.4 Å². The molecule has 0 heterocycles. The summed E-state index contributed by atoms with van der Waals surface area (Å²) in [6, 6.07) is 8.07. The number of nitrogens with one attached hydrogen (secondary N) is 2. The molecule has 0 aliphatic carbocycles. The number of benzene rings is 2. The molecule has 2 N–H and O–H groups in total. The number of halogens is 2. The van der Waals surface area contributed by atoms with Crippen LogP contribution in [0.3, 0.4) is 0 Å². The second kappa shape index (κ2) is 6.34. The van der Waals surface area contributed by atoms with Crippen LogP contribution in [0, 0.1) is 25.5 Å². The molecule has 0 spiro atoms. The molecule has 2 aromatic carbocycles. The van der Waals surface area contributed by atoms with E-state index in [1.807, 2.05) is 6.07 Å². The molecule has 0 unspecified atom stereocenters. The number of amides is 2. The third-order valence-corrected chi connectivity index (χ3v) is 3.11. The van der Waals surface area contributed by atoms with Gasteiger partial charge in [0.25, 0.3) is 0 Å². The molecule has 0 aliphatic heterocycles. The summed E-state index contributed by atoms with van der Waals surface area (Å²) in [6.07, 6.45) is 0. The van der Waals surface area contributed by atoms with Crippen LogP contribution in [0.4, 0.5) is 20.2 Å². The molecule has 6 heteroatoms. The summed E-state index contributed by atoms with van der Waals surface area (Å²) in [5.74, 6) is -3.68. The monoisotopic (exact) mass is 304 g/mol. The van der Waals surface area contributed by atoms with Gasteiger partial charge in [-0.3, -0.25) is 9.59 Å². The topological polar surface area (TPSA) is 58.2 Å². The van der Waals surface area contributed by atoms with Crippen LogP contribution in [-0.4, -0.2) is 11.8 Å². The number of rotatable bonds is 2. The lowest BCUT2D eigenvalue weighted by Crippen LogP contribution is -2.30. The van der Waals surface area contributed by atoms with Crippen molar-refractivity contribution in [1.29, 1.82) is 0 Å². The molecule has 0 bridgehead atoms. The zero-order valence-electron chi connectivity index (χ0n) is 12.0. The maximum absolute atomic E-state index is 13.4. The first-order valence-electron chi connectivity index (χ1n) is 6.52. The van der Waals surface area contributed by atoms with Crippen molar-refractivity contribution in [3.8, 4) is 0 Å². The largest absolute Gasteiger partial charge is 0.317 e. The van der Waals surface area contributed by atoms with Gasteiger partial charge in [0, 0.05) is 11.8 Å². The first-order chi connectivity index (χ1) is 10.4. The van der Waals surface area contributed by atoms with Gasteiger partial charge in [0.1, 0.15) is 11.6 Å². The lowest BCUT2D eigenvalue weighted by atomic mass is 10.1. The van der Waals surface area contributed by atoms with Crippen LogP contribution in [0.25, 0.3) is 0 Å². The van der Waals surface area contributed by atoms with Crippen LogP contribution >= 0.6 is 0 Å². The van der Waals surface area contributed by atoms with Gasteiger partial charge in [-0.1, -0.05) is 18.2 Å². The Kier molecular flexibility index (Phi) is 4.50. The zero-order chi connectivity index (χ0) is 16.3. The molecule has 0 aliphatic rings. The maximum Gasteiger partial charge on any atom is 0.314 e. The van der Waals surface area contributed by atoms with Crippen molar-refractivity contribution in [2.45, 2.75) is 13.8 Å². The number of hydrogen-bond acceptors (Lipinski definition) is 2. The molecule has 114 valence electrons. The highest BCUT2D eigenvalue weighted by molar-refractivity contribution is 6.43. The van der Waals surface area contributed by atoms with E-state index in [4.69, 9.17) is 0 Å². The van der Waals surface area contributed by atoms with E-state index in [0.717, 1.165) is 23.3 Å². The Labute approximate surface area is 126 Å². The Morgan fingerprint density at radius 2 is 1.50 bits per heavy atom. The van der Waals surface area contributed by atoms with E-state index in [1.165, 1.54) is 0 Å². The average molecular weight is 304 g/mol. The second-order valence-corrected chi connectivity index (χ2v) is 4.80. The van der Waals surface area contributed by atoms with Crippen LogP contribution in [0.15, 0.2) is 36.4 Å². The third kappa shape index (κ3) is 3.46. The first kappa shape index (κ1) is 15.6. The molecular formula is C16H14F2N2O2. The number of aryl methyl sites for hydroxylation is 2. The highest BCUT2D eigenvalue weighted by Crippen LogP contribution is 2.20. The summed E-state index contributed by atoms with van der Waals surface area (Å²) in [7, 11) is 0. The van der Waals surface area contributed by atoms with Crippen LogP contribution in [0.5, 0.6) is 0 Å². The summed E-state index contributed by atoms with van der Waals surface area (Å²) in [6.45, 7) is 3.58. The van der Waals surface area contributed by atoms with Gasteiger partial charge in [-0.15, -0.1) is 0 Å². The van der Waals surface area contributed by atoms with Gasteiger partial charge in [0.05, 0.1) is 5.69 Å². The van der Waals surface area contributed by atoms with Crippen molar-refractivity contribution in [3.05, 3.63) is 59.2 Å². The van der Waals surface area contributed by atoms with E-state index in [0.29, 0.717) is 11.8 Å². The Morgan fingerprint density at radius 3 is 2.09 bits per heavy atom. The van der Waals surface area contributed by atoms with Gasteiger partial charge in [-0.2, -0.15) is 0 Å². The highest BCUT2D eigenvalue weighted by atomic mass is 19.1. The van der Waals surface area contributed by atoms with E-state index in [1.54, 1.807) is 26.0 Å². The van der Waals surface area contributed by atoms with Gasteiger partial charge >= 0.3 is 11.8 Å². The molecule has 0 atom stereocenters. The maximum atomic E-state index is 13.4. The van der Waals surface area contributed by atoms with Gasteiger partial charge in [-0.25, -0.2) is 8.78 Å². The Morgan fingerprint density at radius 1 is 0.909 bits per heavy atom. The third-order valence-electron chi connectivity index (χ3n) is 3.11. The quantitative estimate of drug-likeness (QED) is 0.837. The number of carbonyl (C=O) groups excluding carboxylic acids is 2. The lowest BCUT2D eigenvalue weighted by molar-refractivity contribution is -0.133.